The molecule has 7 heteroatoms. The molecule has 1 aromatic heterocycles. The number of halogens is 1. The van der Waals surface area contributed by atoms with Crippen molar-refractivity contribution in [2.75, 3.05) is 11.1 Å². The first kappa shape index (κ1) is 18.5. The zero-order valence-corrected chi connectivity index (χ0v) is 15.5. The van der Waals surface area contributed by atoms with Crippen molar-refractivity contribution in [3.05, 3.63) is 77.1 Å². The van der Waals surface area contributed by atoms with E-state index in [0.29, 0.717) is 22.4 Å². The van der Waals surface area contributed by atoms with Gasteiger partial charge in [0.1, 0.15) is 0 Å². The predicted octanol–water partition coefficient (Wildman–Crippen LogP) is 3.81. The van der Waals surface area contributed by atoms with Gasteiger partial charge in [-0.2, -0.15) is 0 Å². The molecule has 2 N–H and O–H groups in total. The van der Waals surface area contributed by atoms with Crippen molar-refractivity contribution in [2.24, 2.45) is 0 Å². The van der Waals surface area contributed by atoms with Crippen LogP contribution in [-0.2, 0) is 17.9 Å². The molecule has 0 aliphatic heterocycles. The highest BCUT2D eigenvalue weighted by atomic mass is 35.5. The minimum atomic E-state index is -0.128. The molecule has 0 saturated carbocycles. The molecule has 1 heterocycles. The second kappa shape index (κ2) is 8.89. The Kier molecular flexibility index (Phi) is 6.33. The minimum Gasteiger partial charge on any atom is -0.390 e. The third kappa shape index (κ3) is 4.88. The minimum absolute atomic E-state index is 0.0998. The third-order valence-electron chi connectivity index (χ3n) is 3.71. The zero-order chi connectivity index (χ0) is 18.4. The van der Waals surface area contributed by atoms with Crippen LogP contribution in [0, 0.1) is 0 Å². The number of aliphatic hydroxyl groups excluding tert-OH is 1. The monoisotopic (exact) mass is 387 g/mol. The van der Waals surface area contributed by atoms with Crippen molar-refractivity contribution in [3.63, 3.8) is 0 Å². The third-order valence-corrected chi connectivity index (χ3v) is 4.95. The Labute approximate surface area is 161 Å². The number of imidazole rings is 1. The van der Waals surface area contributed by atoms with E-state index < -0.39 is 0 Å². The second-order valence-corrected chi connectivity index (χ2v) is 6.98. The van der Waals surface area contributed by atoms with E-state index in [-0.39, 0.29) is 18.3 Å². The maximum atomic E-state index is 12.2. The molecule has 0 fully saturated rings. The van der Waals surface area contributed by atoms with Crippen molar-refractivity contribution in [1.82, 2.24) is 9.55 Å². The number of carbonyl (C=O) groups excluding carboxylic acids is 1. The summed E-state index contributed by atoms with van der Waals surface area (Å²) in [6, 6.07) is 16.9. The van der Waals surface area contributed by atoms with Crippen molar-refractivity contribution in [3.8, 4) is 0 Å². The number of amides is 1. The average Bonchev–Trinajstić information content (AvgIpc) is 3.04. The van der Waals surface area contributed by atoms with Gasteiger partial charge in [0.25, 0.3) is 0 Å². The molecule has 0 aliphatic rings. The van der Waals surface area contributed by atoms with Gasteiger partial charge < -0.3 is 15.0 Å². The Morgan fingerprint density at radius 1 is 1.15 bits per heavy atom. The molecule has 26 heavy (non-hydrogen) atoms. The molecular weight excluding hydrogens is 370 g/mol. The maximum absolute atomic E-state index is 12.2. The number of carbonyl (C=O) groups is 1. The van der Waals surface area contributed by atoms with E-state index in [4.69, 9.17) is 11.6 Å². The highest BCUT2D eigenvalue weighted by Gasteiger charge is 2.12. The quantitative estimate of drug-likeness (QED) is 0.605. The number of nitrogens with one attached hydrogen (secondary N) is 1. The van der Waals surface area contributed by atoms with E-state index in [1.54, 1.807) is 30.5 Å². The van der Waals surface area contributed by atoms with Crippen LogP contribution in [0.25, 0.3) is 0 Å². The van der Waals surface area contributed by atoms with Gasteiger partial charge >= 0.3 is 0 Å². The van der Waals surface area contributed by atoms with Crippen molar-refractivity contribution >= 4 is 35.0 Å². The normalized spacial score (nSPS) is 10.7. The highest BCUT2D eigenvalue weighted by Crippen LogP contribution is 2.21. The lowest BCUT2D eigenvalue weighted by molar-refractivity contribution is -0.113. The van der Waals surface area contributed by atoms with Crippen LogP contribution in [0.15, 0.2) is 66.0 Å². The largest absolute Gasteiger partial charge is 0.390 e. The first-order chi connectivity index (χ1) is 12.7. The van der Waals surface area contributed by atoms with Gasteiger partial charge in [0.05, 0.1) is 24.3 Å². The lowest BCUT2D eigenvalue weighted by Crippen LogP contribution is -2.15. The van der Waals surface area contributed by atoms with Gasteiger partial charge in [0.2, 0.25) is 5.91 Å². The number of benzene rings is 2. The predicted molar refractivity (Wildman–Crippen MR) is 104 cm³/mol. The van der Waals surface area contributed by atoms with Gasteiger partial charge in [0.15, 0.2) is 5.16 Å². The van der Waals surface area contributed by atoms with E-state index in [1.807, 2.05) is 34.9 Å². The van der Waals surface area contributed by atoms with Crippen LogP contribution in [0.5, 0.6) is 0 Å². The topological polar surface area (TPSA) is 67.1 Å². The second-order valence-electron chi connectivity index (χ2n) is 5.61. The van der Waals surface area contributed by atoms with Crippen LogP contribution in [0.4, 0.5) is 5.69 Å². The van der Waals surface area contributed by atoms with Gasteiger partial charge in [-0.15, -0.1) is 0 Å². The number of hydrogen-bond donors (Lipinski definition) is 2. The van der Waals surface area contributed by atoms with Gasteiger partial charge in [-0.3, -0.25) is 4.79 Å². The summed E-state index contributed by atoms with van der Waals surface area (Å²) in [5, 5.41) is 13.7. The molecule has 5 nitrogen and oxygen atoms in total. The van der Waals surface area contributed by atoms with E-state index in [0.717, 1.165) is 11.3 Å². The number of hydrogen-bond acceptors (Lipinski definition) is 4. The summed E-state index contributed by atoms with van der Waals surface area (Å²) in [4.78, 5) is 16.5. The summed E-state index contributed by atoms with van der Waals surface area (Å²) in [6.07, 6.45) is 1.64. The summed E-state index contributed by atoms with van der Waals surface area (Å²) in [5.74, 6) is 0.0939. The number of aliphatic hydroxyl groups is 1. The first-order valence-corrected chi connectivity index (χ1v) is 9.39. The Bertz CT molecular complexity index is 866. The van der Waals surface area contributed by atoms with E-state index >= 15 is 0 Å². The molecule has 1 amide bonds. The molecule has 0 saturated heterocycles. The summed E-state index contributed by atoms with van der Waals surface area (Å²) in [5.41, 5.74) is 2.52. The summed E-state index contributed by atoms with van der Waals surface area (Å²) in [6.45, 7) is 0.495. The summed E-state index contributed by atoms with van der Waals surface area (Å²) >= 11 is 7.18. The number of rotatable bonds is 7. The lowest BCUT2D eigenvalue weighted by atomic mass is 10.2. The van der Waals surface area contributed by atoms with Crippen LogP contribution in [0.1, 0.15) is 11.3 Å². The Morgan fingerprint density at radius 2 is 1.88 bits per heavy atom. The van der Waals surface area contributed by atoms with Crippen LogP contribution in [0.2, 0.25) is 5.02 Å². The van der Waals surface area contributed by atoms with Crippen molar-refractivity contribution < 1.29 is 9.90 Å². The Hall–Kier alpha value is -2.28. The number of nitrogens with zero attached hydrogens (tertiary/aromatic N) is 2. The smallest absolute Gasteiger partial charge is 0.234 e. The van der Waals surface area contributed by atoms with E-state index in [1.165, 1.54) is 11.8 Å². The molecular formula is C19H18ClN3O2S. The fourth-order valence-corrected chi connectivity index (χ4v) is 3.35. The molecule has 134 valence electrons. The number of aromatic nitrogens is 2. The molecule has 0 unspecified atom stereocenters. The molecule has 0 aliphatic carbocycles. The molecule has 3 rings (SSSR count). The van der Waals surface area contributed by atoms with Crippen LogP contribution in [0.3, 0.4) is 0 Å². The van der Waals surface area contributed by atoms with Gasteiger partial charge in [-0.1, -0.05) is 53.7 Å². The van der Waals surface area contributed by atoms with Gasteiger partial charge in [-0.25, -0.2) is 4.98 Å². The maximum Gasteiger partial charge on any atom is 0.234 e. The SMILES string of the molecule is O=C(CSc1ncc(CO)n1Cc1ccccc1)Nc1ccc(Cl)cc1. The number of anilines is 1. The van der Waals surface area contributed by atoms with Gasteiger partial charge in [-0.05, 0) is 29.8 Å². The molecule has 0 bridgehead atoms. The van der Waals surface area contributed by atoms with Crippen molar-refractivity contribution in [2.45, 2.75) is 18.3 Å². The fraction of sp³-hybridized carbons (Fsp3) is 0.158. The van der Waals surface area contributed by atoms with Crippen molar-refractivity contribution in [1.29, 1.82) is 0 Å². The summed E-state index contributed by atoms with van der Waals surface area (Å²) < 4.78 is 1.93. The van der Waals surface area contributed by atoms with E-state index in [2.05, 4.69) is 10.3 Å². The molecule has 0 atom stereocenters. The number of thioether (sulfide) groups is 1. The highest BCUT2D eigenvalue weighted by molar-refractivity contribution is 7.99. The molecule has 0 radical (unpaired) electrons. The average molecular weight is 388 g/mol. The standard InChI is InChI=1S/C19H18ClN3O2S/c20-15-6-8-16(9-7-15)22-18(25)13-26-19-21-10-17(12-24)23(19)11-14-4-2-1-3-5-14/h1-10,24H,11-13H2,(H,22,25). The molecule has 0 spiro atoms. The lowest BCUT2D eigenvalue weighted by Gasteiger charge is -2.11. The van der Waals surface area contributed by atoms with E-state index in [9.17, 15) is 9.90 Å². The Morgan fingerprint density at radius 3 is 2.58 bits per heavy atom. The molecule has 2 aromatic carbocycles. The van der Waals surface area contributed by atoms with Crippen LogP contribution >= 0.6 is 23.4 Å². The Balaban J connectivity index is 1.65. The molecule has 3 aromatic rings. The zero-order valence-electron chi connectivity index (χ0n) is 13.9. The fourth-order valence-electron chi connectivity index (χ4n) is 2.43. The van der Waals surface area contributed by atoms with Gasteiger partial charge in [0, 0.05) is 17.3 Å². The van der Waals surface area contributed by atoms with Crippen LogP contribution in [-0.4, -0.2) is 26.3 Å². The first-order valence-electron chi connectivity index (χ1n) is 8.03. The van der Waals surface area contributed by atoms with Crippen LogP contribution < -0.4 is 5.32 Å². The summed E-state index contributed by atoms with van der Waals surface area (Å²) in [7, 11) is 0.